The molecule has 0 aromatic rings. The molecule has 2 amide bonds. The molecule has 1 aliphatic heterocycles. The normalized spacial score (nSPS) is 35.3. The number of carbonyl (C=O) groups excluding carboxylic acids is 2. The molecule has 2 rings (SSSR count). The first-order valence-electron chi connectivity index (χ1n) is 5.52. The third kappa shape index (κ3) is 2.28. The van der Waals surface area contributed by atoms with Gasteiger partial charge in [0, 0.05) is 18.5 Å². The summed E-state index contributed by atoms with van der Waals surface area (Å²) in [5.74, 6) is -0.117. The Morgan fingerprint density at radius 2 is 2.20 bits per heavy atom. The molecule has 4 N–H and O–H groups in total. The number of hydrogen-bond donors (Lipinski definition) is 3. The summed E-state index contributed by atoms with van der Waals surface area (Å²) >= 11 is 0. The number of carbonyl (C=O) groups is 2. The lowest BCUT2D eigenvalue weighted by atomic mass is 10.1. The molecule has 5 heteroatoms. The van der Waals surface area contributed by atoms with E-state index in [9.17, 15) is 9.59 Å². The summed E-state index contributed by atoms with van der Waals surface area (Å²) in [4.78, 5) is 22.7. The molecule has 2 aliphatic rings. The quantitative estimate of drug-likeness (QED) is 0.562. The fourth-order valence-corrected chi connectivity index (χ4v) is 2.26. The van der Waals surface area contributed by atoms with Crippen LogP contribution in [0.2, 0.25) is 0 Å². The largest absolute Gasteiger partial charge is 0.350 e. The molecule has 0 aromatic heterocycles. The van der Waals surface area contributed by atoms with E-state index in [1.165, 1.54) is 0 Å². The van der Waals surface area contributed by atoms with Crippen LogP contribution < -0.4 is 16.4 Å². The molecular formula is C10H17N3O2. The van der Waals surface area contributed by atoms with E-state index >= 15 is 0 Å². The Hall–Kier alpha value is -1.10. The van der Waals surface area contributed by atoms with Crippen molar-refractivity contribution in [1.29, 1.82) is 0 Å². The van der Waals surface area contributed by atoms with Gasteiger partial charge in [-0.15, -0.1) is 0 Å². The molecule has 1 saturated carbocycles. The van der Waals surface area contributed by atoms with Crippen molar-refractivity contribution in [1.82, 2.24) is 10.6 Å². The molecule has 0 aromatic carbocycles. The SMILES string of the molecule is NC1CCCC1NC(=O)[C@@H]1CCC(=O)N1. The van der Waals surface area contributed by atoms with Crippen LogP contribution in [0.1, 0.15) is 32.1 Å². The van der Waals surface area contributed by atoms with Gasteiger partial charge < -0.3 is 16.4 Å². The first-order chi connectivity index (χ1) is 7.16. The molecule has 1 saturated heterocycles. The number of rotatable bonds is 2. The van der Waals surface area contributed by atoms with Gasteiger partial charge in [-0.2, -0.15) is 0 Å². The standard InChI is InChI=1S/C10H17N3O2/c11-6-2-1-3-7(6)13-10(15)8-4-5-9(14)12-8/h6-8H,1-5,11H2,(H,12,14)(H,13,15)/t6?,7?,8-/m0/s1. The number of hydrogen-bond acceptors (Lipinski definition) is 3. The fourth-order valence-electron chi connectivity index (χ4n) is 2.26. The van der Waals surface area contributed by atoms with E-state index in [4.69, 9.17) is 5.73 Å². The van der Waals surface area contributed by atoms with E-state index in [1.54, 1.807) is 0 Å². The molecule has 0 bridgehead atoms. The molecule has 2 unspecified atom stereocenters. The van der Waals surface area contributed by atoms with Crippen molar-refractivity contribution in [2.24, 2.45) is 5.73 Å². The first kappa shape index (κ1) is 10.4. The lowest BCUT2D eigenvalue weighted by Crippen LogP contribution is -2.50. The topological polar surface area (TPSA) is 84.2 Å². The number of nitrogens with one attached hydrogen (secondary N) is 2. The highest BCUT2D eigenvalue weighted by Crippen LogP contribution is 2.17. The summed E-state index contributed by atoms with van der Waals surface area (Å²) in [6, 6.07) is -0.175. The Balaban J connectivity index is 1.84. The van der Waals surface area contributed by atoms with Crippen LogP contribution in [-0.4, -0.2) is 29.9 Å². The van der Waals surface area contributed by atoms with Gasteiger partial charge in [-0.25, -0.2) is 0 Å². The second-order valence-electron chi connectivity index (χ2n) is 4.37. The van der Waals surface area contributed by atoms with Gasteiger partial charge >= 0.3 is 0 Å². The Bertz CT molecular complexity index is 280. The molecule has 3 atom stereocenters. The summed E-state index contributed by atoms with van der Waals surface area (Å²) in [5, 5.41) is 5.56. The maximum Gasteiger partial charge on any atom is 0.242 e. The summed E-state index contributed by atoms with van der Waals surface area (Å²) in [6.45, 7) is 0. The van der Waals surface area contributed by atoms with Gasteiger partial charge in [-0.05, 0) is 25.7 Å². The van der Waals surface area contributed by atoms with Gasteiger partial charge in [0.2, 0.25) is 11.8 Å². The minimum absolute atomic E-state index is 0.0362. The zero-order valence-corrected chi connectivity index (χ0v) is 8.66. The van der Waals surface area contributed by atoms with Crippen molar-refractivity contribution < 1.29 is 9.59 Å². The molecule has 1 heterocycles. The lowest BCUT2D eigenvalue weighted by molar-refractivity contribution is -0.126. The predicted octanol–water partition coefficient (Wildman–Crippen LogP) is -0.739. The van der Waals surface area contributed by atoms with Crippen molar-refractivity contribution in [3.8, 4) is 0 Å². The van der Waals surface area contributed by atoms with Gasteiger partial charge in [0.05, 0.1) is 0 Å². The van der Waals surface area contributed by atoms with E-state index in [2.05, 4.69) is 10.6 Å². The highest BCUT2D eigenvalue weighted by atomic mass is 16.2. The van der Waals surface area contributed by atoms with Crippen LogP contribution in [0.4, 0.5) is 0 Å². The van der Waals surface area contributed by atoms with Gasteiger partial charge in [0.1, 0.15) is 6.04 Å². The Kier molecular flexibility index (Phi) is 2.90. The molecule has 0 spiro atoms. The molecular weight excluding hydrogens is 194 g/mol. The van der Waals surface area contributed by atoms with Crippen LogP contribution in [0.3, 0.4) is 0 Å². The minimum Gasteiger partial charge on any atom is -0.350 e. The van der Waals surface area contributed by atoms with Gasteiger partial charge in [0.25, 0.3) is 0 Å². The summed E-state index contributed by atoms with van der Waals surface area (Å²) < 4.78 is 0. The average molecular weight is 211 g/mol. The van der Waals surface area contributed by atoms with Crippen LogP contribution in [0, 0.1) is 0 Å². The van der Waals surface area contributed by atoms with Crippen molar-refractivity contribution in [2.45, 2.75) is 50.2 Å². The van der Waals surface area contributed by atoms with Crippen molar-refractivity contribution in [2.75, 3.05) is 0 Å². The van der Waals surface area contributed by atoms with E-state index < -0.39 is 0 Å². The summed E-state index contributed by atoms with van der Waals surface area (Å²) in [7, 11) is 0. The van der Waals surface area contributed by atoms with E-state index in [0.29, 0.717) is 12.8 Å². The molecule has 5 nitrogen and oxygen atoms in total. The van der Waals surface area contributed by atoms with E-state index in [1.807, 2.05) is 0 Å². The van der Waals surface area contributed by atoms with Crippen LogP contribution >= 0.6 is 0 Å². The summed E-state index contributed by atoms with van der Waals surface area (Å²) in [5.41, 5.74) is 5.85. The maximum absolute atomic E-state index is 11.7. The second-order valence-corrected chi connectivity index (χ2v) is 4.37. The zero-order valence-electron chi connectivity index (χ0n) is 8.66. The highest BCUT2D eigenvalue weighted by molar-refractivity contribution is 5.90. The van der Waals surface area contributed by atoms with Crippen LogP contribution in [0.15, 0.2) is 0 Å². The van der Waals surface area contributed by atoms with Crippen LogP contribution in [-0.2, 0) is 9.59 Å². The Morgan fingerprint density at radius 3 is 2.73 bits per heavy atom. The third-order valence-corrected chi connectivity index (χ3v) is 3.21. The number of amides is 2. The molecule has 0 radical (unpaired) electrons. The predicted molar refractivity (Wildman–Crippen MR) is 54.9 cm³/mol. The molecule has 84 valence electrons. The highest BCUT2D eigenvalue weighted by Gasteiger charge is 2.31. The van der Waals surface area contributed by atoms with Crippen molar-refractivity contribution in [3.05, 3.63) is 0 Å². The lowest BCUT2D eigenvalue weighted by Gasteiger charge is -2.19. The molecule has 2 fully saturated rings. The monoisotopic (exact) mass is 211 g/mol. The Labute approximate surface area is 88.8 Å². The summed E-state index contributed by atoms with van der Waals surface area (Å²) in [6.07, 6.45) is 4.06. The number of nitrogens with two attached hydrogens (primary N) is 1. The van der Waals surface area contributed by atoms with Crippen LogP contribution in [0.5, 0.6) is 0 Å². The van der Waals surface area contributed by atoms with E-state index in [-0.39, 0.29) is 29.9 Å². The van der Waals surface area contributed by atoms with E-state index in [0.717, 1.165) is 19.3 Å². The van der Waals surface area contributed by atoms with Gasteiger partial charge in [-0.3, -0.25) is 9.59 Å². The van der Waals surface area contributed by atoms with Crippen molar-refractivity contribution >= 4 is 11.8 Å². The maximum atomic E-state index is 11.7. The van der Waals surface area contributed by atoms with Gasteiger partial charge in [-0.1, -0.05) is 0 Å². The Morgan fingerprint density at radius 1 is 1.40 bits per heavy atom. The minimum atomic E-state index is -0.342. The first-order valence-corrected chi connectivity index (χ1v) is 5.52. The fraction of sp³-hybridized carbons (Fsp3) is 0.800. The van der Waals surface area contributed by atoms with Gasteiger partial charge in [0.15, 0.2) is 0 Å². The molecule has 15 heavy (non-hydrogen) atoms. The van der Waals surface area contributed by atoms with Crippen LogP contribution in [0.25, 0.3) is 0 Å². The van der Waals surface area contributed by atoms with Crippen molar-refractivity contribution in [3.63, 3.8) is 0 Å². The average Bonchev–Trinajstić information content (AvgIpc) is 2.77. The second kappa shape index (κ2) is 4.18. The zero-order chi connectivity index (χ0) is 10.8. The smallest absolute Gasteiger partial charge is 0.242 e. The third-order valence-electron chi connectivity index (χ3n) is 3.21. The molecule has 1 aliphatic carbocycles.